The number of H-pyrrole nitrogens is 1. The minimum absolute atomic E-state index is 0.0511. The maximum atomic E-state index is 12.2. The Morgan fingerprint density at radius 3 is 2.83 bits per heavy atom. The van der Waals surface area contributed by atoms with E-state index >= 15 is 0 Å². The molecule has 2 aromatic rings. The van der Waals surface area contributed by atoms with Gasteiger partial charge in [0.2, 0.25) is 5.91 Å². The van der Waals surface area contributed by atoms with E-state index in [1.54, 1.807) is 6.07 Å². The van der Waals surface area contributed by atoms with Crippen molar-refractivity contribution in [3.05, 3.63) is 29.3 Å². The topological polar surface area (TPSA) is 122 Å². The lowest BCUT2D eigenvalue weighted by Crippen LogP contribution is -2.36. The Hall–Kier alpha value is -2.84. The van der Waals surface area contributed by atoms with Gasteiger partial charge >= 0.3 is 6.09 Å². The standard InChI is InChI=1S/C21H29N5O4/c1-13-10-16(30-26-13)11-19(27)22-18-12-17(24-25-18)14-4-3-5-15(7-6-14)29-20(28)23-21(2)8-9-21/h10,12,14-15H,3-9,11H2,1-2H3,(H,23,28)(H2,22,24,25,27). The maximum Gasteiger partial charge on any atom is 0.407 e. The molecule has 30 heavy (non-hydrogen) atoms. The minimum atomic E-state index is -0.299. The van der Waals surface area contributed by atoms with E-state index in [0.29, 0.717) is 17.5 Å². The van der Waals surface area contributed by atoms with Gasteiger partial charge in [-0.2, -0.15) is 5.10 Å². The van der Waals surface area contributed by atoms with Crippen molar-refractivity contribution < 1.29 is 18.8 Å². The Labute approximate surface area is 175 Å². The van der Waals surface area contributed by atoms with Gasteiger partial charge in [-0.3, -0.25) is 9.89 Å². The number of alkyl carbamates (subject to hydrolysis) is 1. The van der Waals surface area contributed by atoms with Crippen LogP contribution in [0.2, 0.25) is 0 Å². The molecule has 0 aliphatic heterocycles. The summed E-state index contributed by atoms with van der Waals surface area (Å²) in [6.45, 7) is 3.85. The van der Waals surface area contributed by atoms with Crippen LogP contribution < -0.4 is 10.6 Å². The van der Waals surface area contributed by atoms with Crippen molar-refractivity contribution in [3.63, 3.8) is 0 Å². The van der Waals surface area contributed by atoms with E-state index in [0.717, 1.165) is 56.3 Å². The molecule has 2 aliphatic carbocycles. The number of hydrogen-bond acceptors (Lipinski definition) is 6. The molecule has 2 unspecified atom stereocenters. The second kappa shape index (κ2) is 8.49. The predicted octanol–water partition coefficient (Wildman–Crippen LogP) is 3.58. The molecular weight excluding hydrogens is 386 g/mol. The predicted molar refractivity (Wildman–Crippen MR) is 109 cm³/mol. The number of amides is 2. The SMILES string of the molecule is Cc1cc(CC(=O)Nc2cc(C3CCCC(OC(=O)NC4(C)CC4)CC3)[nH]n2)on1. The fourth-order valence-electron chi connectivity index (χ4n) is 3.89. The van der Waals surface area contributed by atoms with E-state index in [1.165, 1.54) is 0 Å². The second-order valence-electron chi connectivity index (χ2n) is 8.79. The summed E-state index contributed by atoms with van der Waals surface area (Å²) < 4.78 is 10.7. The van der Waals surface area contributed by atoms with E-state index < -0.39 is 0 Å². The lowest BCUT2D eigenvalue weighted by molar-refractivity contribution is -0.115. The summed E-state index contributed by atoms with van der Waals surface area (Å²) in [6, 6.07) is 3.63. The first-order valence-electron chi connectivity index (χ1n) is 10.6. The molecule has 2 aromatic heterocycles. The molecule has 3 N–H and O–H groups in total. The van der Waals surface area contributed by atoms with Crippen molar-refractivity contribution in [2.24, 2.45) is 0 Å². The summed E-state index contributed by atoms with van der Waals surface area (Å²) in [6.07, 6.45) is 6.37. The number of anilines is 1. The third-order valence-corrected chi connectivity index (χ3v) is 5.91. The molecule has 0 radical (unpaired) electrons. The largest absolute Gasteiger partial charge is 0.446 e. The normalized spacial score (nSPS) is 22.7. The molecule has 2 fully saturated rings. The van der Waals surface area contributed by atoms with Crippen LogP contribution in [0.5, 0.6) is 0 Å². The zero-order valence-electron chi connectivity index (χ0n) is 17.5. The molecule has 2 aliphatic rings. The molecule has 0 saturated heterocycles. The summed E-state index contributed by atoms with van der Waals surface area (Å²) in [5.74, 6) is 1.13. The molecule has 2 heterocycles. The van der Waals surface area contributed by atoms with E-state index in [-0.39, 0.29) is 30.1 Å². The van der Waals surface area contributed by atoms with Gasteiger partial charge in [-0.25, -0.2) is 4.79 Å². The van der Waals surface area contributed by atoms with Crippen molar-refractivity contribution in [1.29, 1.82) is 0 Å². The Morgan fingerprint density at radius 2 is 2.10 bits per heavy atom. The fraction of sp³-hybridized carbons (Fsp3) is 0.619. The van der Waals surface area contributed by atoms with Crippen LogP contribution in [-0.4, -0.2) is 39.0 Å². The zero-order chi connectivity index (χ0) is 21.1. The van der Waals surface area contributed by atoms with Gasteiger partial charge in [-0.05, 0) is 58.8 Å². The van der Waals surface area contributed by atoms with Crippen LogP contribution in [0, 0.1) is 6.92 Å². The van der Waals surface area contributed by atoms with E-state index in [9.17, 15) is 9.59 Å². The lowest BCUT2D eigenvalue weighted by Gasteiger charge is -2.18. The molecule has 0 spiro atoms. The highest BCUT2D eigenvalue weighted by Gasteiger charge is 2.39. The number of carbonyl (C=O) groups excluding carboxylic acids is 2. The summed E-state index contributed by atoms with van der Waals surface area (Å²) >= 11 is 0. The number of rotatable bonds is 6. The number of nitrogens with one attached hydrogen (secondary N) is 3. The summed E-state index contributed by atoms with van der Waals surface area (Å²) in [7, 11) is 0. The second-order valence-corrected chi connectivity index (χ2v) is 8.79. The third kappa shape index (κ3) is 5.40. The first kappa shape index (κ1) is 20.4. The number of aromatic amines is 1. The quantitative estimate of drug-likeness (QED) is 0.620. The molecule has 9 nitrogen and oxygen atoms in total. The zero-order valence-corrected chi connectivity index (χ0v) is 17.5. The van der Waals surface area contributed by atoms with Gasteiger partial charge < -0.3 is 19.9 Å². The molecule has 2 saturated carbocycles. The highest BCUT2D eigenvalue weighted by Crippen LogP contribution is 2.35. The highest BCUT2D eigenvalue weighted by molar-refractivity contribution is 5.91. The number of aryl methyl sites for hydroxylation is 1. The van der Waals surface area contributed by atoms with Gasteiger partial charge in [0.05, 0.1) is 12.1 Å². The number of carbonyl (C=O) groups is 2. The van der Waals surface area contributed by atoms with Crippen LogP contribution in [-0.2, 0) is 16.0 Å². The molecular formula is C21H29N5O4. The van der Waals surface area contributed by atoms with Crippen LogP contribution in [0.3, 0.4) is 0 Å². The summed E-state index contributed by atoms with van der Waals surface area (Å²) in [5.41, 5.74) is 1.68. The van der Waals surface area contributed by atoms with Crippen molar-refractivity contribution in [3.8, 4) is 0 Å². The number of nitrogens with zero attached hydrogens (tertiary/aromatic N) is 2. The Bertz CT molecular complexity index is 901. The molecule has 4 rings (SSSR count). The first-order valence-corrected chi connectivity index (χ1v) is 10.6. The third-order valence-electron chi connectivity index (χ3n) is 5.91. The Kier molecular flexibility index (Phi) is 5.78. The van der Waals surface area contributed by atoms with E-state index in [2.05, 4.69) is 26.0 Å². The van der Waals surface area contributed by atoms with Crippen molar-refractivity contribution in [2.45, 2.75) is 82.8 Å². The summed E-state index contributed by atoms with van der Waals surface area (Å²) in [4.78, 5) is 24.2. The van der Waals surface area contributed by atoms with Crippen molar-refractivity contribution in [1.82, 2.24) is 20.7 Å². The molecule has 0 aromatic carbocycles. The molecule has 2 atom stereocenters. The van der Waals surface area contributed by atoms with Gasteiger partial charge in [-0.15, -0.1) is 0 Å². The molecule has 9 heteroatoms. The fourth-order valence-corrected chi connectivity index (χ4v) is 3.89. The van der Waals surface area contributed by atoms with Crippen LogP contribution in [0.15, 0.2) is 16.7 Å². The lowest BCUT2D eigenvalue weighted by atomic mass is 9.97. The number of aromatic nitrogens is 3. The first-order chi connectivity index (χ1) is 14.4. The van der Waals surface area contributed by atoms with E-state index in [1.807, 2.05) is 19.9 Å². The monoisotopic (exact) mass is 415 g/mol. The Morgan fingerprint density at radius 1 is 1.27 bits per heavy atom. The van der Waals surface area contributed by atoms with Gasteiger partial charge in [0.15, 0.2) is 5.82 Å². The van der Waals surface area contributed by atoms with Crippen molar-refractivity contribution >= 4 is 17.8 Å². The molecule has 2 amide bonds. The van der Waals surface area contributed by atoms with Gasteiger partial charge in [-0.1, -0.05) is 5.16 Å². The number of ether oxygens (including phenoxy) is 1. The number of hydrogen-bond donors (Lipinski definition) is 3. The smallest absolute Gasteiger partial charge is 0.407 e. The van der Waals surface area contributed by atoms with Gasteiger partial charge in [0.1, 0.15) is 11.9 Å². The average Bonchev–Trinajstić information content (AvgIpc) is 3.09. The summed E-state index contributed by atoms with van der Waals surface area (Å²) in [5, 5.41) is 16.8. The minimum Gasteiger partial charge on any atom is -0.446 e. The van der Waals surface area contributed by atoms with Crippen LogP contribution in [0.1, 0.15) is 74.9 Å². The van der Waals surface area contributed by atoms with Gasteiger partial charge in [0, 0.05) is 29.3 Å². The molecule has 162 valence electrons. The van der Waals surface area contributed by atoms with E-state index in [4.69, 9.17) is 9.26 Å². The van der Waals surface area contributed by atoms with Crippen LogP contribution >= 0.6 is 0 Å². The van der Waals surface area contributed by atoms with Crippen molar-refractivity contribution in [2.75, 3.05) is 5.32 Å². The molecule has 0 bridgehead atoms. The van der Waals surface area contributed by atoms with Gasteiger partial charge in [0.25, 0.3) is 0 Å². The average molecular weight is 415 g/mol. The van der Waals surface area contributed by atoms with Crippen LogP contribution in [0.25, 0.3) is 0 Å². The highest BCUT2D eigenvalue weighted by atomic mass is 16.6. The van der Waals surface area contributed by atoms with Crippen LogP contribution in [0.4, 0.5) is 10.6 Å². The Balaban J connectivity index is 1.26. The maximum absolute atomic E-state index is 12.2.